The predicted octanol–water partition coefficient (Wildman–Crippen LogP) is 1.15. The van der Waals surface area contributed by atoms with Crippen LogP contribution < -0.4 is 0 Å². The van der Waals surface area contributed by atoms with Crippen LogP contribution in [-0.4, -0.2) is 90.1 Å². The number of hydrogen-bond donors (Lipinski definition) is 4. The molecule has 2 heterocycles. The van der Waals surface area contributed by atoms with Crippen molar-refractivity contribution in [1.82, 2.24) is 10.1 Å². The van der Waals surface area contributed by atoms with E-state index in [1.54, 1.807) is 27.7 Å². The molecule has 2 rings (SSSR count). The van der Waals surface area contributed by atoms with Gasteiger partial charge in [0.25, 0.3) is 0 Å². The fourth-order valence-electron chi connectivity index (χ4n) is 5.95. The summed E-state index contributed by atoms with van der Waals surface area (Å²) in [7, 11) is 0. The fourth-order valence-corrected chi connectivity index (χ4v) is 5.95. The Kier molecular flexibility index (Phi) is 8.50. The second kappa shape index (κ2) is 9.99. The van der Waals surface area contributed by atoms with E-state index in [-0.39, 0.29) is 26.1 Å². The molecule has 0 spiro atoms. The number of carbonyl (C=O) groups excluding carboxylic acids is 2. The molecule has 10 heteroatoms. The van der Waals surface area contributed by atoms with E-state index < -0.39 is 58.1 Å². The maximum Gasteiger partial charge on any atom is 0.325 e. The van der Waals surface area contributed by atoms with Crippen LogP contribution in [0.5, 0.6) is 0 Å². The largest absolute Gasteiger partial charge is 0.396 e. The van der Waals surface area contributed by atoms with Crippen LogP contribution in [0.3, 0.4) is 0 Å². The van der Waals surface area contributed by atoms with E-state index in [2.05, 4.69) is 0 Å². The van der Waals surface area contributed by atoms with Crippen LogP contribution in [-0.2, 0) is 19.3 Å². The first-order valence-corrected chi connectivity index (χ1v) is 12.0. The molecule has 0 amide bonds. The minimum atomic E-state index is -0.825. The molecule has 198 valence electrons. The molecule has 0 aliphatic carbocycles. The molecule has 4 N–H and O–H groups in total. The first-order valence-electron chi connectivity index (χ1n) is 12.0. The maximum atomic E-state index is 12.7. The van der Waals surface area contributed by atoms with Gasteiger partial charge < -0.3 is 30.1 Å². The van der Waals surface area contributed by atoms with Crippen LogP contribution in [0, 0.1) is 11.8 Å². The first-order chi connectivity index (χ1) is 15.4. The summed E-state index contributed by atoms with van der Waals surface area (Å²) in [6, 6.07) is 0. The van der Waals surface area contributed by atoms with Gasteiger partial charge in [-0.3, -0.25) is 9.59 Å². The van der Waals surface area contributed by atoms with Gasteiger partial charge in [-0.25, -0.2) is 0 Å². The van der Waals surface area contributed by atoms with Gasteiger partial charge in [0.1, 0.15) is 0 Å². The van der Waals surface area contributed by atoms with Gasteiger partial charge in [0.05, 0.1) is 60.4 Å². The zero-order valence-corrected chi connectivity index (χ0v) is 21.9. The molecule has 10 nitrogen and oxygen atoms in total. The van der Waals surface area contributed by atoms with Gasteiger partial charge >= 0.3 is 11.9 Å². The van der Waals surface area contributed by atoms with Crippen LogP contribution in [0.2, 0.25) is 0 Å². The number of hydroxylamine groups is 4. The highest BCUT2D eigenvalue weighted by atomic mass is 16.7. The normalized spacial score (nSPS) is 32.7. The quantitative estimate of drug-likeness (QED) is 0.412. The van der Waals surface area contributed by atoms with Gasteiger partial charge in [0.2, 0.25) is 0 Å². The number of rotatable bonds is 7. The number of nitrogens with zero attached hydrogens (tertiary/aromatic N) is 2. The molecule has 0 radical (unpaired) electrons. The maximum absolute atomic E-state index is 12.7. The van der Waals surface area contributed by atoms with Crippen LogP contribution >= 0.6 is 0 Å². The number of piperidine rings is 2. The highest BCUT2D eigenvalue weighted by molar-refractivity contribution is 5.77. The SMILES string of the molecule is CC1(C)CC(O)C(CO)C(C)(C)N1OC(=O)CCC(=O)ON1C(C)(C)CC(O)C(CO)C1(C)C. The summed E-state index contributed by atoms with van der Waals surface area (Å²) in [5.41, 5.74) is -3.00. The molecule has 2 aliphatic heterocycles. The average molecular weight is 489 g/mol. The number of aliphatic hydroxyl groups excluding tert-OH is 4. The monoisotopic (exact) mass is 488 g/mol. The van der Waals surface area contributed by atoms with Crippen molar-refractivity contribution in [3.05, 3.63) is 0 Å². The van der Waals surface area contributed by atoms with Gasteiger partial charge in [-0.05, 0) is 68.2 Å². The van der Waals surface area contributed by atoms with E-state index >= 15 is 0 Å². The highest BCUT2D eigenvalue weighted by Gasteiger charge is 2.55. The van der Waals surface area contributed by atoms with Gasteiger partial charge in [-0.2, -0.15) is 0 Å². The summed E-state index contributed by atoms with van der Waals surface area (Å²) in [6.07, 6.45) is -1.28. The lowest BCUT2D eigenvalue weighted by molar-refractivity contribution is -0.297. The molecule has 0 bridgehead atoms. The van der Waals surface area contributed by atoms with Gasteiger partial charge in [-0.1, -0.05) is 0 Å². The lowest BCUT2D eigenvalue weighted by atomic mass is 9.72. The summed E-state index contributed by atoms with van der Waals surface area (Å²) in [6.45, 7) is 14.1. The number of hydrogen-bond acceptors (Lipinski definition) is 10. The Balaban J connectivity index is 2.04. The molecule has 0 saturated carbocycles. The van der Waals surface area contributed by atoms with Crippen LogP contribution in [0.1, 0.15) is 81.1 Å². The third kappa shape index (κ3) is 5.57. The van der Waals surface area contributed by atoms with Crippen LogP contribution in [0.25, 0.3) is 0 Å². The summed E-state index contributed by atoms with van der Waals surface area (Å²) in [5.74, 6) is -2.24. The van der Waals surface area contributed by atoms with Crippen molar-refractivity contribution in [2.75, 3.05) is 13.2 Å². The lowest BCUT2D eigenvalue weighted by Crippen LogP contribution is -2.67. The lowest BCUT2D eigenvalue weighted by Gasteiger charge is -2.55. The topological polar surface area (TPSA) is 140 Å². The molecule has 2 saturated heterocycles. The molecule has 4 unspecified atom stereocenters. The van der Waals surface area contributed by atoms with Crippen molar-refractivity contribution >= 4 is 11.9 Å². The minimum Gasteiger partial charge on any atom is -0.396 e. The number of aliphatic hydroxyl groups is 4. The van der Waals surface area contributed by atoms with E-state index in [4.69, 9.17) is 9.68 Å². The second-order valence-electron chi connectivity index (χ2n) is 12.1. The smallest absolute Gasteiger partial charge is 0.325 e. The van der Waals surface area contributed by atoms with Crippen molar-refractivity contribution in [3.63, 3.8) is 0 Å². The van der Waals surface area contributed by atoms with E-state index in [1.807, 2.05) is 27.7 Å². The van der Waals surface area contributed by atoms with Crippen molar-refractivity contribution in [1.29, 1.82) is 0 Å². The van der Waals surface area contributed by atoms with Crippen molar-refractivity contribution in [2.45, 2.75) is 115 Å². The Morgan fingerprint density at radius 2 is 1.00 bits per heavy atom. The van der Waals surface area contributed by atoms with E-state index in [0.29, 0.717) is 12.8 Å². The zero-order valence-electron chi connectivity index (χ0n) is 21.9. The Hall–Kier alpha value is -1.30. The number of carbonyl (C=O) groups is 2. The van der Waals surface area contributed by atoms with Crippen LogP contribution in [0.15, 0.2) is 0 Å². The molecular formula is C24H44N2O8. The Labute approximate surface area is 202 Å². The van der Waals surface area contributed by atoms with E-state index in [1.165, 1.54) is 10.1 Å². The molecule has 0 aromatic carbocycles. The predicted molar refractivity (Wildman–Crippen MR) is 124 cm³/mol. The summed E-state index contributed by atoms with van der Waals surface area (Å²) < 4.78 is 0. The summed E-state index contributed by atoms with van der Waals surface area (Å²) >= 11 is 0. The molecular weight excluding hydrogens is 444 g/mol. The molecule has 2 aliphatic rings. The molecule has 2 fully saturated rings. The highest BCUT2D eigenvalue weighted by Crippen LogP contribution is 2.43. The second-order valence-corrected chi connectivity index (χ2v) is 12.1. The average Bonchev–Trinajstić information content (AvgIpc) is 2.66. The van der Waals surface area contributed by atoms with Gasteiger partial charge in [-0.15, -0.1) is 10.1 Å². The molecule has 0 aromatic rings. The van der Waals surface area contributed by atoms with Crippen molar-refractivity contribution in [2.24, 2.45) is 11.8 Å². The van der Waals surface area contributed by atoms with E-state index in [9.17, 15) is 30.0 Å². The van der Waals surface area contributed by atoms with E-state index in [0.717, 1.165) is 0 Å². The third-order valence-electron chi connectivity index (χ3n) is 7.62. The van der Waals surface area contributed by atoms with Crippen molar-refractivity contribution < 1.29 is 39.7 Å². The Bertz CT molecular complexity index is 689. The van der Waals surface area contributed by atoms with Crippen molar-refractivity contribution in [3.8, 4) is 0 Å². The fraction of sp³-hybridized carbons (Fsp3) is 0.917. The Morgan fingerprint density at radius 3 is 1.26 bits per heavy atom. The standard InChI is InChI=1S/C24H44N2O8/c1-21(2)11-17(29)15(13-27)23(5,6)25(21)33-19(31)9-10-20(32)34-26-22(3,4)12-18(30)16(14-28)24(26,7)8/h15-18,27-30H,9-14H2,1-8H3. The molecule has 34 heavy (non-hydrogen) atoms. The minimum absolute atomic E-state index is 0.214. The first kappa shape index (κ1) is 28.9. The zero-order chi connectivity index (χ0) is 26.3. The molecule has 0 aromatic heterocycles. The molecule has 4 atom stereocenters. The summed E-state index contributed by atoms with van der Waals surface area (Å²) in [4.78, 5) is 36.7. The van der Waals surface area contributed by atoms with Gasteiger partial charge in [0, 0.05) is 11.8 Å². The Morgan fingerprint density at radius 1 is 0.706 bits per heavy atom. The third-order valence-corrected chi connectivity index (χ3v) is 7.62. The van der Waals surface area contributed by atoms with Gasteiger partial charge in [0.15, 0.2) is 0 Å². The summed E-state index contributed by atoms with van der Waals surface area (Å²) in [5, 5.41) is 43.4. The van der Waals surface area contributed by atoms with Crippen LogP contribution in [0.4, 0.5) is 0 Å².